The largest absolute Gasteiger partial charge is 0.364 e. The van der Waals surface area contributed by atoms with Crippen LogP contribution in [-0.2, 0) is 0 Å². The lowest BCUT2D eigenvalue weighted by atomic mass is 10.2. The van der Waals surface area contributed by atoms with Crippen molar-refractivity contribution in [2.45, 2.75) is 0 Å². The van der Waals surface area contributed by atoms with Crippen molar-refractivity contribution in [1.29, 1.82) is 5.26 Å². The molecule has 17 heavy (non-hydrogen) atoms. The lowest BCUT2D eigenvalue weighted by Gasteiger charge is -2.02. The quantitative estimate of drug-likeness (QED) is 0.912. The van der Waals surface area contributed by atoms with Crippen molar-refractivity contribution >= 4 is 21.8 Å². The van der Waals surface area contributed by atoms with E-state index in [-0.39, 0.29) is 5.69 Å². The molecule has 0 aliphatic heterocycles. The van der Waals surface area contributed by atoms with Crippen LogP contribution in [0, 0.1) is 11.3 Å². The van der Waals surface area contributed by atoms with E-state index in [4.69, 9.17) is 11.0 Å². The van der Waals surface area contributed by atoms with Crippen LogP contribution in [0.3, 0.4) is 0 Å². The van der Waals surface area contributed by atoms with Crippen LogP contribution < -0.4 is 5.73 Å². The van der Waals surface area contributed by atoms with Gasteiger partial charge in [-0.05, 0) is 24.3 Å². The zero-order valence-electron chi connectivity index (χ0n) is 8.59. The Morgan fingerprint density at radius 3 is 2.82 bits per heavy atom. The van der Waals surface area contributed by atoms with E-state index >= 15 is 0 Å². The van der Waals surface area contributed by atoms with Gasteiger partial charge in [0.1, 0.15) is 5.69 Å². The summed E-state index contributed by atoms with van der Waals surface area (Å²) in [6.07, 6.45) is 1.61. The molecule has 6 heteroatoms. The summed E-state index contributed by atoms with van der Waals surface area (Å²) in [7, 11) is 0. The molecule has 0 radical (unpaired) electrons. The molecule has 0 spiro atoms. The van der Waals surface area contributed by atoms with Gasteiger partial charge in [0.05, 0.1) is 17.3 Å². The van der Waals surface area contributed by atoms with E-state index in [2.05, 4.69) is 21.0 Å². The highest BCUT2D eigenvalue weighted by atomic mass is 79.9. The van der Waals surface area contributed by atoms with E-state index in [1.807, 2.05) is 6.07 Å². The van der Waals surface area contributed by atoms with Crippen LogP contribution in [-0.4, -0.2) is 15.7 Å². The second kappa shape index (κ2) is 4.39. The van der Waals surface area contributed by atoms with Gasteiger partial charge >= 0.3 is 0 Å². The average molecular weight is 291 g/mol. The number of aromatic nitrogens is 2. The molecule has 84 valence electrons. The second-order valence-electron chi connectivity index (χ2n) is 3.32. The summed E-state index contributed by atoms with van der Waals surface area (Å²) in [6, 6.07) is 8.72. The van der Waals surface area contributed by atoms with Crippen LogP contribution >= 0.6 is 15.9 Å². The standard InChI is InChI=1S/C11H7BrN4O/c12-8-3-7(6-13)4-9(5-8)16-2-1-10(15-16)11(14)17/h1-5H,(H2,14,17). The third-order valence-corrected chi connectivity index (χ3v) is 2.58. The summed E-state index contributed by atoms with van der Waals surface area (Å²) in [5.74, 6) is -0.584. The molecule has 0 bridgehead atoms. The van der Waals surface area contributed by atoms with Gasteiger partial charge in [0.15, 0.2) is 0 Å². The van der Waals surface area contributed by atoms with Gasteiger partial charge in [-0.15, -0.1) is 0 Å². The number of rotatable bonds is 2. The maximum Gasteiger partial charge on any atom is 0.269 e. The fraction of sp³-hybridized carbons (Fsp3) is 0. The first-order valence-corrected chi connectivity index (χ1v) is 5.46. The maximum absolute atomic E-state index is 10.9. The first kappa shape index (κ1) is 11.4. The van der Waals surface area contributed by atoms with Crippen molar-refractivity contribution in [2.75, 3.05) is 0 Å². The number of hydrogen-bond acceptors (Lipinski definition) is 3. The molecular weight excluding hydrogens is 284 g/mol. The minimum Gasteiger partial charge on any atom is -0.364 e. The molecule has 2 rings (SSSR count). The Bertz CT molecular complexity index is 627. The number of amides is 1. The Labute approximate surface area is 106 Å². The average Bonchev–Trinajstić information content (AvgIpc) is 2.77. The molecule has 1 aromatic heterocycles. The molecule has 0 atom stereocenters. The van der Waals surface area contributed by atoms with Crippen molar-refractivity contribution in [3.63, 3.8) is 0 Å². The van der Waals surface area contributed by atoms with Gasteiger partial charge in [0.2, 0.25) is 0 Å². The van der Waals surface area contributed by atoms with E-state index < -0.39 is 5.91 Å². The summed E-state index contributed by atoms with van der Waals surface area (Å²) in [6.45, 7) is 0. The van der Waals surface area contributed by atoms with E-state index in [0.717, 1.165) is 4.47 Å². The molecule has 1 aromatic carbocycles. The number of carbonyl (C=O) groups excluding carboxylic acids is 1. The Hall–Kier alpha value is -2.13. The molecule has 0 fully saturated rings. The highest BCUT2D eigenvalue weighted by Crippen LogP contribution is 2.18. The highest BCUT2D eigenvalue weighted by Gasteiger charge is 2.07. The van der Waals surface area contributed by atoms with E-state index in [9.17, 15) is 4.79 Å². The zero-order chi connectivity index (χ0) is 12.4. The van der Waals surface area contributed by atoms with E-state index in [1.165, 1.54) is 10.7 Å². The molecule has 0 saturated carbocycles. The number of nitrogens with two attached hydrogens (primary N) is 1. The lowest BCUT2D eigenvalue weighted by Crippen LogP contribution is -2.12. The fourth-order valence-electron chi connectivity index (χ4n) is 1.37. The van der Waals surface area contributed by atoms with E-state index in [0.29, 0.717) is 11.3 Å². The molecule has 5 nitrogen and oxygen atoms in total. The van der Waals surface area contributed by atoms with Crippen LogP contribution in [0.25, 0.3) is 5.69 Å². The predicted octanol–water partition coefficient (Wildman–Crippen LogP) is 1.61. The topological polar surface area (TPSA) is 84.7 Å². The van der Waals surface area contributed by atoms with Gasteiger partial charge in [0, 0.05) is 10.7 Å². The molecule has 1 amide bonds. The van der Waals surface area contributed by atoms with Crippen molar-refractivity contribution < 1.29 is 4.79 Å². The molecule has 0 saturated heterocycles. The summed E-state index contributed by atoms with van der Waals surface area (Å²) in [5, 5.41) is 12.9. The van der Waals surface area contributed by atoms with Crippen LogP contribution in [0.5, 0.6) is 0 Å². The molecule has 0 unspecified atom stereocenters. The predicted molar refractivity (Wildman–Crippen MR) is 64.5 cm³/mol. The molecule has 0 aliphatic rings. The van der Waals surface area contributed by atoms with Gasteiger partial charge < -0.3 is 5.73 Å². The third kappa shape index (κ3) is 2.34. The molecule has 1 heterocycles. The van der Waals surface area contributed by atoms with Crippen molar-refractivity contribution in [3.8, 4) is 11.8 Å². The van der Waals surface area contributed by atoms with Crippen LogP contribution in [0.15, 0.2) is 34.9 Å². The minimum absolute atomic E-state index is 0.184. The van der Waals surface area contributed by atoms with E-state index in [1.54, 1.807) is 24.4 Å². The number of nitrogens with zero attached hydrogens (tertiary/aromatic N) is 3. The maximum atomic E-state index is 10.9. The Morgan fingerprint density at radius 2 is 2.24 bits per heavy atom. The van der Waals surface area contributed by atoms with Gasteiger partial charge in [-0.2, -0.15) is 10.4 Å². The van der Waals surface area contributed by atoms with Crippen molar-refractivity contribution in [3.05, 3.63) is 46.2 Å². The SMILES string of the molecule is N#Cc1cc(Br)cc(-n2ccc(C(N)=O)n2)c1. The molecule has 2 N–H and O–H groups in total. The third-order valence-electron chi connectivity index (χ3n) is 2.12. The Kier molecular flexibility index (Phi) is 2.93. The van der Waals surface area contributed by atoms with Crippen LogP contribution in [0.4, 0.5) is 0 Å². The normalized spacial score (nSPS) is 9.88. The number of nitriles is 1. The van der Waals surface area contributed by atoms with Gasteiger partial charge in [-0.3, -0.25) is 4.79 Å². The Morgan fingerprint density at radius 1 is 1.47 bits per heavy atom. The minimum atomic E-state index is -0.584. The van der Waals surface area contributed by atoms with Gasteiger partial charge in [-0.25, -0.2) is 4.68 Å². The second-order valence-corrected chi connectivity index (χ2v) is 4.24. The van der Waals surface area contributed by atoms with Crippen LogP contribution in [0.1, 0.15) is 16.1 Å². The Balaban J connectivity index is 2.49. The van der Waals surface area contributed by atoms with Crippen molar-refractivity contribution in [1.82, 2.24) is 9.78 Å². The van der Waals surface area contributed by atoms with Crippen molar-refractivity contribution in [2.24, 2.45) is 5.73 Å². The van der Waals surface area contributed by atoms with Gasteiger partial charge in [-0.1, -0.05) is 15.9 Å². The molecular formula is C11H7BrN4O. The number of carbonyl (C=O) groups is 1. The fourth-order valence-corrected chi connectivity index (χ4v) is 1.85. The highest BCUT2D eigenvalue weighted by molar-refractivity contribution is 9.10. The van der Waals surface area contributed by atoms with Crippen LogP contribution in [0.2, 0.25) is 0 Å². The number of hydrogen-bond donors (Lipinski definition) is 1. The summed E-state index contributed by atoms with van der Waals surface area (Å²) < 4.78 is 2.26. The number of halogens is 1. The summed E-state index contributed by atoms with van der Waals surface area (Å²) in [4.78, 5) is 10.9. The molecule has 2 aromatic rings. The molecule has 0 aliphatic carbocycles. The number of benzene rings is 1. The first-order chi connectivity index (χ1) is 8.10. The number of primary amides is 1. The monoisotopic (exact) mass is 290 g/mol. The zero-order valence-corrected chi connectivity index (χ0v) is 10.2. The first-order valence-electron chi connectivity index (χ1n) is 4.66. The smallest absolute Gasteiger partial charge is 0.269 e. The summed E-state index contributed by atoms with van der Waals surface area (Å²) in [5.41, 5.74) is 6.49. The summed E-state index contributed by atoms with van der Waals surface area (Å²) >= 11 is 3.30. The lowest BCUT2D eigenvalue weighted by molar-refractivity contribution is 0.0995. The van der Waals surface area contributed by atoms with Gasteiger partial charge in [0.25, 0.3) is 5.91 Å².